The van der Waals surface area contributed by atoms with Gasteiger partial charge < -0.3 is 9.73 Å². The number of hydrogen-bond acceptors (Lipinski definition) is 4. The molecule has 15 heavy (non-hydrogen) atoms. The fourth-order valence-corrected chi connectivity index (χ4v) is 1.13. The lowest BCUT2D eigenvalue weighted by molar-refractivity contribution is 0.479. The van der Waals surface area contributed by atoms with E-state index in [0.717, 1.165) is 12.0 Å². The molecule has 1 N–H and O–H groups in total. The van der Waals surface area contributed by atoms with Crippen LogP contribution in [0.2, 0.25) is 0 Å². The fraction of sp³-hybridized carbons (Fsp3) is 0.200. The van der Waals surface area contributed by atoms with Crippen molar-refractivity contribution in [1.29, 1.82) is 0 Å². The molecule has 0 spiro atoms. The van der Waals surface area contributed by atoms with Crippen molar-refractivity contribution in [1.82, 2.24) is 9.97 Å². The zero-order valence-electron chi connectivity index (χ0n) is 8.20. The molecular weight excluding hydrogens is 197 g/mol. The van der Waals surface area contributed by atoms with Crippen LogP contribution in [0.5, 0.6) is 0 Å². The molecule has 0 saturated carbocycles. The van der Waals surface area contributed by atoms with Gasteiger partial charge in [0, 0.05) is 0 Å². The van der Waals surface area contributed by atoms with Crippen molar-refractivity contribution in [2.45, 2.75) is 13.5 Å². The first-order valence-corrected chi connectivity index (χ1v) is 4.51. The lowest BCUT2D eigenvalue weighted by atomic mass is 10.4. The number of pyridine rings is 1. The number of aryl methyl sites for hydroxylation is 1. The number of nitrogens with zero attached hydrogens (tertiary/aromatic N) is 2. The van der Waals surface area contributed by atoms with Crippen LogP contribution in [0.25, 0.3) is 0 Å². The van der Waals surface area contributed by atoms with Crippen LogP contribution in [0.1, 0.15) is 11.7 Å². The minimum absolute atomic E-state index is 0.354. The van der Waals surface area contributed by atoms with Crippen LogP contribution in [-0.4, -0.2) is 9.97 Å². The van der Waals surface area contributed by atoms with Gasteiger partial charge in [-0.1, -0.05) is 0 Å². The fourth-order valence-electron chi connectivity index (χ4n) is 1.13. The van der Waals surface area contributed by atoms with Crippen LogP contribution in [0.4, 0.5) is 10.2 Å². The second kappa shape index (κ2) is 4.08. The summed E-state index contributed by atoms with van der Waals surface area (Å²) in [6.07, 6.45) is 2.80. The van der Waals surface area contributed by atoms with Gasteiger partial charge in [0.15, 0.2) is 0 Å². The molecular formula is C10H10FN3O. The number of oxazole rings is 1. The SMILES string of the molecule is Cc1cnc(CNc2ccc(F)cn2)o1. The van der Waals surface area contributed by atoms with Crippen LogP contribution in [0.15, 0.2) is 28.9 Å². The Balaban J connectivity index is 1.96. The second-order valence-electron chi connectivity index (χ2n) is 3.08. The zero-order valence-corrected chi connectivity index (χ0v) is 8.20. The van der Waals surface area contributed by atoms with Crippen molar-refractivity contribution in [3.05, 3.63) is 42.0 Å². The average molecular weight is 207 g/mol. The molecule has 78 valence electrons. The maximum atomic E-state index is 12.5. The summed E-state index contributed by atoms with van der Waals surface area (Å²) in [6.45, 7) is 2.26. The lowest BCUT2D eigenvalue weighted by Crippen LogP contribution is -2.01. The Kier molecular flexibility index (Phi) is 2.62. The number of hydrogen-bond donors (Lipinski definition) is 1. The summed E-state index contributed by atoms with van der Waals surface area (Å²) in [7, 11) is 0. The van der Waals surface area contributed by atoms with Crippen molar-refractivity contribution in [2.75, 3.05) is 5.32 Å². The summed E-state index contributed by atoms with van der Waals surface area (Å²) < 4.78 is 17.8. The highest BCUT2D eigenvalue weighted by Crippen LogP contribution is 2.07. The van der Waals surface area contributed by atoms with E-state index in [0.29, 0.717) is 18.3 Å². The Bertz CT molecular complexity index is 438. The molecule has 0 radical (unpaired) electrons. The highest BCUT2D eigenvalue weighted by Gasteiger charge is 2.00. The molecule has 2 rings (SSSR count). The summed E-state index contributed by atoms with van der Waals surface area (Å²) >= 11 is 0. The minimum atomic E-state index is -0.354. The van der Waals surface area contributed by atoms with Crippen molar-refractivity contribution >= 4 is 5.82 Å². The van der Waals surface area contributed by atoms with Gasteiger partial charge in [-0.3, -0.25) is 0 Å². The van der Waals surface area contributed by atoms with Crippen LogP contribution in [0, 0.1) is 12.7 Å². The predicted octanol–water partition coefficient (Wildman–Crippen LogP) is 2.13. The first-order valence-electron chi connectivity index (χ1n) is 4.51. The summed E-state index contributed by atoms with van der Waals surface area (Å²) in [5.41, 5.74) is 0. The number of halogens is 1. The van der Waals surface area contributed by atoms with Crippen LogP contribution in [0.3, 0.4) is 0 Å². The molecule has 2 aromatic rings. The molecule has 0 saturated heterocycles. The molecule has 0 bridgehead atoms. The Hall–Kier alpha value is -1.91. The smallest absolute Gasteiger partial charge is 0.213 e. The van der Waals surface area contributed by atoms with Gasteiger partial charge in [0.05, 0.1) is 18.9 Å². The first-order chi connectivity index (χ1) is 7.24. The third kappa shape index (κ3) is 2.52. The third-order valence-corrected chi connectivity index (χ3v) is 1.82. The van der Waals surface area contributed by atoms with Crippen LogP contribution < -0.4 is 5.32 Å². The summed E-state index contributed by atoms with van der Waals surface area (Å²) in [6, 6.07) is 2.90. The monoisotopic (exact) mass is 207 g/mol. The molecule has 0 aromatic carbocycles. The van der Waals surface area contributed by atoms with E-state index in [4.69, 9.17) is 4.42 Å². The number of nitrogens with one attached hydrogen (secondary N) is 1. The van der Waals surface area contributed by atoms with Crippen molar-refractivity contribution < 1.29 is 8.81 Å². The van der Waals surface area contributed by atoms with Gasteiger partial charge in [0.25, 0.3) is 0 Å². The summed E-state index contributed by atoms with van der Waals surface area (Å²) in [5, 5.41) is 2.97. The molecule has 4 nitrogen and oxygen atoms in total. The maximum absolute atomic E-state index is 12.5. The standard InChI is InChI=1S/C10H10FN3O/c1-7-4-14-10(15-7)6-13-9-3-2-8(11)5-12-9/h2-5H,6H2,1H3,(H,12,13). The minimum Gasteiger partial charge on any atom is -0.444 e. The van der Waals surface area contributed by atoms with Crippen molar-refractivity contribution in [3.8, 4) is 0 Å². The van der Waals surface area contributed by atoms with Gasteiger partial charge >= 0.3 is 0 Å². The highest BCUT2D eigenvalue weighted by atomic mass is 19.1. The van der Waals surface area contributed by atoms with Gasteiger partial charge in [-0.25, -0.2) is 14.4 Å². The van der Waals surface area contributed by atoms with E-state index in [1.54, 1.807) is 12.3 Å². The van der Waals surface area contributed by atoms with Crippen molar-refractivity contribution in [2.24, 2.45) is 0 Å². The zero-order chi connectivity index (χ0) is 10.7. The molecule has 5 heteroatoms. The molecule has 2 aromatic heterocycles. The Morgan fingerprint density at radius 2 is 2.20 bits per heavy atom. The lowest BCUT2D eigenvalue weighted by Gasteiger charge is -2.01. The van der Waals surface area contributed by atoms with Gasteiger partial charge in [0.2, 0.25) is 5.89 Å². The van der Waals surface area contributed by atoms with Gasteiger partial charge in [-0.15, -0.1) is 0 Å². The Morgan fingerprint density at radius 3 is 2.80 bits per heavy atom. The summed E-state index contributed by atoms with van der Waals surface area (Å²) in [4.78, 5) is 7.86. The van der Waals surface area contributed by atoms with Crippen molar-refractivity contribution in [3.63, 3.8) is 0 Å². The molecule has 0 aliphatic heterocycles. The van der Waals surface area contributed by atoms with E-state index >= 15 is 0 Å². The van der Waals surface area contributed by atoms with Gasteiger partial charge in [0.1, 0.15) is 17.4 Å². The number of anilines is 1. The topological polar surface area (TPSA) is 51.0 Å². The first kappa shape index (κ1) is 9.64. The average Bonchev–Trinajstić information content (AvgIpc) is 2.64. The number of aromatic nitrogens is 2. The molecule has 0 aliphatic rings. The van der Waals surface area contributed by atoms with E-state index < -0.39 is 0 Å². The van der Waals surface area contributed by atoms with E-state index in [1.807, 2.05) is 6.92 Å². The van der Waals surface area contributed by atoms with E-state index in [2.05, 4.69) is 15.3 Å². The molecule has 0 amide bonds. The Morgan fingerprint density at radius 1 is 1.33 bits per heavy atom. The highest BCUT2D eigenvalue weighted by molar-refractivity contribution is 5.33. The van der Waals surface area contributed by atoms with Crippen LogP contribution in [-0.2, 0) is 6.54 Å². The Labute approximate surface area is 86.2 Å². The maximum Gasteiger partial charge on any atom is 0.213 e. The normalized spacial score (nSPS) is 10.3. The quantitative estimate of drug-likeness (QED) is 0.837. The predicted molar refractivity (Wildman–Crippen MR) is 52.8 cm³/mol. The third-order valence-electron chi connectivity index (χ3n) is 1.82. The van der Waals surface area contributed by atoms with Crippen LogP contribution >= 0.6 is 0 Å². The van der Waals surface area contributed by atoms with Gasteiger partial charge in [-0.2, -0.15) is 0 Å². The second-order valence-corrected chi connectivity index (χ2v) is 3.08. The molecule has 2 heterocycles. The van der Waals surface area contributed by atoms with E-state index in [9.17, 15) is 4.39 Å². The molecule has 0 aliphatic carbocycles. The number of rotatable bonds is 3. The molecule has 0 atom stereocenters. The largest absolute Gasteiger partial charge is 0.444 e. The molecule has 0 unspecified atom stereocenters. The molecule has 0 fully saturated rings. The van der Waals surface area contributed by atoms with E-state index in [1.165, 1.54) is 6.07 Å². The van der Waals surface area contributed by atoms with E-state index in [-0.39, 0.29) is 5.82 Å². The summed E-state index contributed by atoms with van der Waals surface area (Å²) in [5.74, 6) is 1.58. The van der Waals surface area contributed by atoms with Gasteiger partial charge in [-0.05, 0) is 19.1 Å².